The fraction of sp³-hybridized carbons (Fsp3) is 0.115. The number of barbiturate groups is 1. The lowest BCUT2D eigenvalue weighted by atomic mass is 9.97. The second-order valence-electron chi connectivity index (χ2n) is 7.55. The first-order chi connectivity index (χ1) is 15.9. The second kappa shape index (κ2) is 9.85. The summed E-state index contributed by atoms with van der Waals surface area (Å²) < 4.78 is 1.80. The molecular weight excluding hydrogens is 548 g/mol. The Labute approximate surface area is 208 Å². The lowest BCUT2D eigenvalue weighted by molar-refractivity contribution is -0.122. The zero-order valence-corrected chi connectivity index (χ0v) is 20.9. The van der Waals surface area contributed by atoms with E-state index in [1.54, 1.807) is 18.2 Å². The SMILES string of the molecule is CCc1ccccc1N1C(=O)NC(=O)/C(=C/c2cc(Br)ccc2Cc2ccccc2Br)C1=O. The van der Waals surface area contributed by atoms with Crippen LogP contribution in [0.3, 0.4) is 0 Å². The fourth-order valence-corrected chi connectivity index (χ4v) is 4.57. The van der Waals surface area contributed by atoms with Crippen LogP contribution in [0.2, 0.25) is 0 Å². The minimum Gasteiger partial charge on any atom is -0.273 e. The van der Waals surface area contributed by atoms with Gasteiger partial charge in [0, 0.05) is 8.95 Å². The number of para-hydroxylation sites is 1. The third-order valence-electron chi connectivity index (χ3n) is 5.46. The number of carbonyl (C=O) groups is 3. The van der Waals surface area contributed by atoms with Crippen LogP contribution in [0.25, 0.3) is 6.08 Å². The average molecular weight is 568 g/mol. The number of hydrogen-bond acceptors (Lipinski definition) is 3. The number of aryl methyl sites for hydroxylation is 1. The average Bonchev–Trinajstić information content (AvgIpc) is 2.80. The Morgan fingerprint density at radius 2 is 1.58 bits per heavy atom. The van der Waals surface area contributed by atoms with Crippen molar-refractivity contribution in [1.29, 1.82) is 0 Å². The number of nitrogens with one attached hydrogen (secondary N) is 1. The summed E-state index contributed by atoms with van der Waals surface area (Å²) in [6.45, 7) is 1.95. The van der Waals surface area contributed by atoms with Gasteiger partial charge in [-0.05, 0) is 65.4 Å². The van der Waals surface area contributed by atoms with E-state index in [4.69, 9.17) is 0 Å². The van der Waals surface area contributed by atoms with E-state index in [1.165, 1.54) is 0 Å². The summed E-state index contributed by atoms with van der Waals surface area (Å²) in [7, 11) is 0. The maximum absolute atomic E-state index is 13.4. The Balaban J connectivity index is 1.77. The molecule has 0 aromatic heterocycles. The van der Waals surface area contributed by atoms with Crippen LogP contribution in [0.5, 0.6) is 0 Å². The molecule has 1 heterocycles. The van der Waals surface area contributed by atoms with Gasteiger partial charge in [-0.15, -0.1) is 0 Å². The number of benzene rings is 3. The van der Waals surface area contributed by atoms with E-state index in [1.807, 2.05) is 61.5 Å². The standard InChI is InChI=1S/C26H20Br2N2O3/c1-2-16-7-4-6-10-23(16)30-25(32)21(24(31)29-26(30)33)15-19-14-20(27)12-11-17(19)13-18-8-3-5-9-22(18)28/h3-12,14-15H,2,13H2,1H3,(H,29,31,33)/b21-15-. The second-order valence-corrected chi connectivity index (χ2v) is 9.32. The fourth-order valence-electron chi connectivity index (χ4n) is 3.77. The van der Waals surface area contributed by atoms with Crippen LogP contribution >= 0.6 is 31.9 Å². The quantitative estimate of drug-likeness (QED) is 0.302. The van der Waals surface area contributed by atoms with E-state index < -0.39 is 17.8 Å². The highest BCUT2D eigenvalue weighted by Gasteiger charge is 2.37. The molecule has 0 atom stereocenters. The van der Waals surface area contributed by atoms with E-state index >= 15 is 0 Å². The predicted molar refractivity (Wildman–Crippen MR) is 136 cm³/mol. The number of urea groups is 1. The number of amides is 4. The van der Waals surface area contributed by atoms with Gasteiger partial charge >= 0.3 is 6.03 Å². The topological polar surface area (TPSA) is 66.5 Å². The molecule has 7 heteroatoms. The molecule has 0 unspecified atom stereocenters. The van der Waals surface area contributed by atoms with Crippen molar-refractivity contribution in [3.63, 3.8) is 0 Å². The van der Waals surface area contributed by atoms with Gasteiger partial charge in [0.25, 0.3) is 11.8 Å². The van der Waals surface area contributed by atoms with Gasteiger partial charge in [-0.1, -0.05) is 81.2 Å². The van der Waals surface area contributed by atoms with Gasteiger partial charge in [-0.3, -0.25) is 14.9 Å². The minimum atomic E-state index is -0.745. The molecule has 4 rings (SSSR count). The highest BCUT2D eigenvalue weighted by molar-refractivity contribution is 9.10. The molecule has 166 valence electrons. The van der Waals surface area contributed by atoms with Crippen LogP contribution in [0.4, 0.5) is 10.5 Å². The van der Waals surface area contributed by atoms with Crippen molar-refractivity contribution < 1.29 is 14.4 Å². The van der Waals surface area contributed by atoms with E-state index in [9.17, 15) is 14.4 Å². The summed E-state index contributed by atoms with van der Waals surface area (Å²) in [5.74, 6) is -1.35. The third-order valence-corrected chi connectivity index (χ3v) is 6.73. The third kappa shape index (κ3) is 4.84. The minimum absolute atomic E-state index is 0.0908. The maximum atomic E-state index is 13.4. The molecule has 1 saturated heterocycles. The highest BCUT2D eigenvalue weighted by Crippen LogP contribution is 2.28. The number of rotatable bonds is 5. The molecule has 0 aliphatic carbocycles. The normalized spacial score (nSPS) is 15.2. The van der Waals surface area contributed by atoms with Gasteiger partial charge in [0.1, 0.15) is 5.57 Å². The Hall–Kier alpha value is -3.03. The Morgan fingerprint density at radius 3 is 2.30 bits per heavy atom. The van der Waals surface area contributed by atoms with Crippen LogP contribution in [0.1, 0.15) is 29.2 Å². The number of carbonyl (C=O) groups excluding carboxylic acids is 3. The van der Waals surface area contributed by atoms with Crippen LogP contribution < -0.4 is 10.2 Å². The number of hydrogen-bond donors (Lipinski definition) is 1. The molecule has 0 saturated carbocycles. The lowest BCUT2D eigenvalue weighted by Crippen LogP contribution is -2.54. The van der Waals surface area contributed by atoms with Crippen molar-refractivity contribution in [3.8, 4) is 0 Å². The molecule has 0 bridgehead atoms. The molecule has 1 N–H and O–H groups in total. The molecule has 5 nitrogen and oxygen atoms in total. The monoisotopic (exact) mass is 566 g/mol. The van der Waals surface area contributed by atoms with Gasteiger partial charge in [-0.25, -0.2) is 9.69 Å². The van der Waals surface area contributed by atoms with Gasteiger partial charge in [0.15, 0.2) is 0 Å². The van der Waals surface area contributed by atoms with Crippen molar-refractivity contribution >= 4 is 61.5 Å². The zero-order chi connectivity index (χ0) is 23.5. The summed E-state index contributed by atoms with van der Waals surface area (Å²) in [5.41, 5.74) is 3.96. The molecule has 33 heavy (non-hydrogen) atoms. The first-order valence-electron chi connectivity index (χ1n) is 10.4. The Bertz CT molecular complexity index is 1300. The molecule has 3 aromatic rings. The van der Waals surface area contributed by atoms with Crippen LogP contribution in [0.15, 0.2) is 81.2 Å². The van der Waals surface area contributed by atoms with Crippen LogP contribution in [0, 0.1) is 0 Å². The number of anilines is 1. The summed E-state index contributed by atoms with van der Waals surface area (Å²) in [5, 5.41) is 2.31. The molecule has 3 aromatic carbocycles. The van der Waals surface area contributed by atoms with E-state index in [2.05, 4.69) is 37.2 Å². The lowest BCUT2D eigenvalue weighted by Gasteiger charge is -2.28. The summed E-state index contributed by atoms with van der Waals surface area (Å²) >= 11 is 7.06. The molecule has 1 fully saturated rings. The predicted octanol–water partition coefficient (Wildman–Crippen LogP) is 6.03. The number of imide groups is 2. The molecule has 1 aliphatic heterocycles. The first-order valence-corrected chi connectivity index (χ1v) is 12.0. The molecule has 1 aliphatic rings. The van der Waals surface area contributed by atoms with Crippen molar-refractivity contribution in [3.05, 3.63) is 104 Å². The van der Waals surface area contributed by atoms with Crippen molar-refractivity contribution in [2.45, 2.75) is 19.8 Å². The molecule has 4 amide bonds. The van der Waals surface area contributed by atoms with Crippen LogP contribution in [-0.2, 0) is 22.4 Å². The van der Waals surface area contributed by atoms with E-state index in [0.717, 1.165) is 36.1 Å². The van der Waals surface area contributed by atoms with E-state index in [-0.39, 0.29) is 5.57 Å². The number of nitrogens with zero attached hydrogens (tertiary/aromatic N) is 1. The van der Waals surface area contributed by atoms with Crippen molar-refractivity contribution in [2.24, 2.45) is 0 Å². The van der Waals surface area contributed by atoms with Gasteiger partial charge in [-0.2, -0.15) is 0 Å². The Morgan fingerprint density at radius 1 is 0.879 bits per heavy atom. The summed E-state index contributed by atoms with van der Waals surface area (Å²) in [4.78, 5) is 39.7. The highest BCUT2D eigenvalue weighted by atomic mass is 79.9. The van der Waals surface area contributed by atoms with Gasteiger partial charge in [0.2, 0.25) is 0 Å². The smallest absolute Gasteiger partial charge is 0.273 e. The Kier molecular flexibility index (Phi) is 6.91. The summed E-state index contributed by atoms with van der Waals surface area (Å²) in [6.07, 6.45) is 2.80. The maximum Gasteiger partial charge on any atom is 0.335 e. The molecule has 0 radical (unpaired) electrons. The van der Waals surface area contributed by atoms with Crippen molar-refractivity contribution in [2.75, 3.05) is 4.90 Å². The van der Waals surface area contributed by atoms with Crippen molar-refractivity contribution in [1.82, 2.24) is 5.32 Å². The first kappa shape index (κ1) is 23.1. The van der Waals surface area contributed by atoms with E-state index in [0.29, 0.717) is 18.5 Å². The summed E-state index contributed by atoms with van der Waals surface area (Å²) in [6, 6.07) is 20.1. The van der Waals surface area contributed by atoms with Gasteiger partial charge < -0.3 is 0 Å². The molecular formula is C26H20Br2N2O3. The molecule has 0 spiro atoms. The van der Waals surface area contributed by atoms with Crippen LogP contribution in [-0.4, -0.2) is 17.8 Å². The zero-order valence-electron chi connectivity index (χ0n) is 17.8. The number of halogens is 2. The van der Waals surface area contributed by atoms with Gasteiger partial charge in [0.05, 0.1) is 5.69 Å². The largest absolute Gasteiger partial charge is 0.335 e.